The Morgan fingerprint density at radius 2 is 1.73 bits per heavy atom. The first-order valence-electron chi connectivity index (χ1n) is 11.3. The van der Waals surface area contributed by atoms with E-state index in [-0.39, 0.29) is 6.09 Å². The van der Waals surface area contributed by atoms with Crippen LogP contribution in [0, 0.1) is 0 Å². The average Bonchev–Trinajstić information content (AvgIpc) is 2.77. The molecule has 1 saturated carbocycles. The second-order valence-corrected chi connectivity index (χ2v) is 8.77. The zero-order valence-corrected chi connectivity index (χ0v) is 17.6. The van der Waals surface area contributed by atoms with Crippen LogP contribution in [0.25, 0.3) is 0 Å². The van der Waals surface area contributed by atoms with Crippen LogP contribution >= 0.6 is 0 Å². The van der Waals surface area contributed by atoms with Crippen LogP contribution in [0.1, 0.15) is 36.0 Å². The Hall–Kier alpha value is -2.53. The Labute approximate surface area is 179 Å². The molecule has 2 aliphatic heterocycles. The van der Waals surface area contributed by atoms with Crippen molar-refractivity contribution in [3.8, 4) is 0 Å². The largest absolute Gasteiger partial charge is 0.445 e. The normalized spacial score (nSPS) is 19.9. The predicted molar refractivity (Wildman–Crippen MR) is 119 cm³/mol. The van der Waals surface area contributed by atoms with E-state index in [1.807, 2.05) is 35.2 Å². The van der Waals surface area contributed by atoms with E-state index in [1.165, 1.54) is 49.2 Å². The molecule has 0 N–H and O–H groups in total. The van der Waals surface area contributed by atoms with E-state index in [0.29, 0.717) is 13.2 Å². The fraction of sp³-hybridized carbons (Fsp3) is 0.480. The fourth-order valence-electron chi connectivity index (χ4n) is 4.80. The van der Waals surface area contributed by atoms with E-state index in [4.69, 9.17) is 4.74 Å². The van der Waals surface area contributed by atoms with Crippen molar-refractivity contribution in [3.05, 3.63) is 65.2 Å². The highest BCUT2D eigenvalue weighted by atomic mass is 16.6. The molecular formula is C25H31N3O2. The number of nitrogens with zero attached hydrogens (tertiary/aromatic N) is 3. The summed E-state index contributed by atoms with van der Waals surface area (Å²) in [5, 5.41) is 0. The lowest BCUT2D eigenvalue weighted by Crippen LogP contribution is -2.52. The topological polar surface area (TPSA) is 36.0 Å². The minimum absolute atomic E-state index is 0.219. The molecule has 1 aliphatic carbocycles. The molecule has 2 aromatic rings. The number of hydrogen-bond donors (Lipinski definition) is 0. The summed E-state index contributed by atoms with van der Waals surface area (Å²) in [5.74, 6) is 0. The lowest BCUT2D eigenvalue weighted by molar-refractivity contribution is 0.0918. The molecule has 30 heavy (non-hydrogen) atoms. The Bertz CT molecular complexity index is 873. The van der Waals surface area contributed by atoms with Crippen molar-refractivity contribution in [2.45, 2.75) is 44.9 Å². The third-order valence-electron chi connectivity index (χ3n) is 6.94. The third kappa shape index (κ3) is 4.17. The molecule has 0 aromatic heterocycles. The number of anilines is 1. The number of carbonyl (C=O) groups is 1. The lowest BCUT2D eigenvalue weighted by atomic mass is 9.91. The van der Waals surface area contributed by atoms with E-state index in [2.05, 4.69) is 28.0 Å². The number of fused-ring (bicyclic) bond motifs is 1. The number of carbonyl (C=O) groups excluding carboxylic acids is 1. The summed E-state index contributed by atoms with van der Waals surface area (Å²) < 4.78 is 5.55. The van der Waals surface area contributed by atoms with Crippen molar-refractivity contribution in [2.24, 2.45) is 0 Å². The molecule has 2 aromatic carbocycles. The molecule has 0 radical (unpaired) electrons. The maximum atomic E-state index is 12.6. The molecule has 2 fully saturated rings. The number of piperazine rings is 1. The first-order chi connectivity index (χ1) is 14.8. The van der Waals surface area contributed by atoms with Gasteiger partial charge >= 0.3 is 6.09 Å². The van der Waals surface area contributed by atoms with Crippen LogP contribution in [-0.4, -0.2) is 54.7 Å². The molecule has 0 bridgehead atoms. The quantitative estimate of drug-likeness (QED) is 0.769. The molecule has 5 heteroatoms. The number of benzene rings is 2. The predicted octanol–water partition coefficient (Wildman–Crippen LogP) is 4.06. The highest BCUT2D eigenvalue weighted by Gasteiger charge is 2.28. The summed E-state index contributed by atoms with van der Waals surface area (Å²) >= 11 is 0. The van der Waals surface area contributed by atoms with Crippen molar-refractivity contribution < 1.29 is 9.53 Å². The van der Waals surface area contributed by atoms with E-state index in [1.54, 1.807) is 0 Å². The number of rotatable bonds is 4. The Kier molecular flexibility index (Phi) is 5.63. The van der Waals surface area contributed by atoms with Crippen molar-refractivity contribution >= 4 is 11.8 Å². The van der Waals surface area contributed by atoms with Crippen LogP contribution in [-0.2, 0) is 24.3 Å². The van der Waals surface area contributed by atoms with Gasteiger partial charge in [0, 0.05) is 51.0 Å². The molecule has 0 spiro atoms. The van der Waals surface area contributed by atoms with Gasteiger partial charge in [-0.1, -0.05) is 42.8 Å². The van der Waals surface area contributed by atoms with Gasteiger partial charge in [0.05, 0.1) is 0 Å². The highest BCUT2D eigenvalue weighted by Crippen LogP contribution is 2.29. The van der Waals surface area contributed by atoms with Crippen molar-refractivity contribution in [2.75, 3.05) is 37.6 Å². The smallest absolute Gasteiger partial charge is 0.410 e. The summed E-state index contributed by atoms with van der Waals surface area (Å²) in [6.45, 7) is 6.21. The van der Waals surface area contributed by atoms with E-state index < -0.39 is 0 Å². The zero-order valence-electron chi connectivity index (χ0n) is 17.6. The van der Waals surface area contributed by atoms with Crippen LogP contribution in [0.2, 0.25) is 0 Å². The van der Waals surface area contributed by atoms with Gasteiger partial charge in [0.1, 0.15) is 6.61 Å². The van der Waals surface area contributed by atoms with Crippen molar-refractivity contribution in [1.82, 2.24) is 9.80 Å². The summed E-state index contributed by atoms with van der Waals surface area (Å²) in [5.41, 5.74) is 4.93. The Balaban J connectivity index is 1.19. The second-order valence-electron chi connectivity index (χ2n) is 8.77. The van der Waals surface area contributed by atoms with Gasteiger partial charge in [-0.15, -0.1) is 0 Å². The molecule has 5 rings (SSSR count). The van der Waals surface area contributed by atoms with Gasteiger partial charge in [0.25, 0.3) is 0 Å². The Morgan fingerprint density at radius 3 is 2.47 bits per heavy atom. The van der Waals surface area contributed by atoms with Crippen LogP contribution in [0.4, 0.5) is 10.5 Å². The molecule has 2 heterocycles. The monoisotopic (exact) mass is 405 g/mol. The fourth-order valence-corrected chi connectivity index (χ4v) is 4.80. The summed E-state index contributed by atoms with van der Waals surface area (Å²) in [7, 11) is 0. The van der Waals surface area contributed by atoms with Gasteiger partial charge in [-0.2, -0.15) is 0 Å². The number of hydrogen-bond acceptors (Lipinski definition) is 4. The van der Waals surface area contributed by atoms with E-state index in [0.717, 1.165) is 37.7 Å². The summed E-state index contributed by atoms with van der Waals surface area (Å²) in [6, 6.07) is 17.5. The number of amides is 1. The standard InChI is InChI=1S/C25H31N3O2/c29-25(30-19-20-5-2-1-3-6-20)28-12-11-21-9-10-24(17-22(21)18-28)27-15-13-26(14-16-27)23-7-4-8-23/h1-3,5-6,9-10,17,23H,4,7-8,11-16,18-19H2. The van der Waals surface area contributed by atoms with Crippen LogP contribution < -0.4 is 4.90 Å². The molecule has 3 aliphatic rings. The van der Waals surface area contributed by atoms with Gasteiger partial charge < -0.3 is 14.5 Å². The first kappa shape index (κ1) is 19.4. The van der Waals surface area contributed by atoms with Crippen LogP contribution in [0.15, 0.2) is 48.5 Å². The summed E-state index contributed by atoms with van der Waals surface area (Å²) in [6.07, 6.45) is 4.85. The maximum absolute atomic E-state index is 12.6. The van der Waals surface area contributed by atoms with E-state index in [9.17, 15) is 4.79 Å². The lowest BCUT2D eigenvalue weighted by Gasteiger charge is -2.43. The molecule has 0 unspecified atom stereocenters. The van der Waals surface area contributed by atoms with Gasteiger partial charge in [-0.25, -0.2) is 4.79 Å². The zero-order chi connectivity index (χ0) is 20.3. The van der Waals surface area contributed by atoms with E-state index >= 15 is 0 Å². The molecule has 1 saturated heterocycles. The molecule has 0 atom stereocenters. The third-order valence-corrected chi connectivity index (χ3v) is 6.94. The maximum Gasteiger partial charge on any atom is 0.410 e. The molecular weight excluding hydrogens is 374 g/mol. The molecule has 5 nitrogen and oxygen atoms in total. The van der Waals surface area contributed by atoms with Crippen LogP contribution in [0.3, 0.4) is 0 Å². The summed E-state index contributed by atoms with van der Waals surface area (Å²) in [4.78, 5) is 19.6. The van der Waals surface area contributed by atoms with Gasteiger partial charge in [-0.05, 0) is 48.1 Å². The van der Waals surface area contributed by atoms with Crippen molar-refractivity contribution in [1.29, 1.82) is 0 Å². The average molecular weight is 406 g/mol. The second kappa shape index (κ2) is 8.68. The minimum Gasteiger partial charge on any atom is -0.445 e. The van der Waals surface area contributed by atoms with Gasteiger partial charge in [0.2, 0.25) is 0 Å². The number of ether oxygens (including phenoxy) is 1. The first-order valence-corrected chi connectivity index (χ1v) is 11.3. The Morgan fingerprint density at radius 1 is 0.933 bits per heavy atom. The van der Waals surface area contributed by atoms with Gasteiger partial charge in [0.15, 0.2) is 0 Å². The molecule has 158 valence electrons. The molecule has 1 amide bonds. The van der Waals surface area contributed by atoms with Crippen LogP contribution in [0.5, 0.6) is 0 Å². The minimum atomic E-state index is -0.219. The van der Waals surface area contributed by atoms with Gasteiger partial charge in [-0.3, -0.25) is 4.90 Å². The SMILES string of the molecule is O=C(OCc1ccccc1)N1CCc2ccc(N3CCN(C4CCC4)CC3)cc2C1. The van der Waals surface area contributed by atoms with Crippen molar-refractivity contribution in [3.63, 3.8) is 0 Å². The highest BCUT2D eigenvalue weighted by molar-refractivity contribution is 5.68.